The highest BCUT2D eigenvalue weighted by molar-refractivity contribution is 5.69. The van der Waals surface area contributed by atoms with Crippen LogP contribution in [-0.4, -0.2) is 28.8 Å². The Morgan fingerprint density at radius 1 is 1.21 bits per heavy atom. The standard InChI is InChI=1S/C15H24N2O2/c1-15(2,3)19-14(18)17-13-9-5-7-11(13)10-6-4-8-12(10)16-17/h12-13,16H,4-9H2,1-3H3. The summed E-state index contributed by atoms with van der Waals surface area (Å²) in [6, 6.07) is 0.607. The Bertz CT molecular complexity index is 422. The van der Waals surface area contributed by atoms with E-state index in [0.717, 1.165) is 19.3 Å². The van der Waals surface area contributed by atoms with Gasteiger partial charge in [-0.15, -0.1) is 0 Å². The van der Waals surface area contributed by atoms with E-state index in [4.69, 9.17) is 4.74 Å². The Labute approximate surface area is 115 Å². The summed E-state index contributed by atoms with van der Waals surface area (Å²) in [6.45, 7) is 5.75. The van der Waals surface area contributed by atoms with E-state index in [1.54, 1.807) is 10.6 Å². The molecule has 0 bridgehead atoms. The van der Waals surface area contributed by atoms with E-state index >= 15 is 0 Å². The van der Waals surface area contributed by atoms with Crippen LogP contribution in [0, 0.1) is 0 Å². The molecule has 0 aromatic carbocycles. The van der Waals surface area contributed by atoms with Crippen molar-refractivity contribution in [2.45, 2.75) is 77.0 Å². The van der Waals surface area contributed by atoms with Gasteiger partial charge < -0.3 is 4.74 Å². The number of hydrogen-bond donors (Lipinski definition) is 1. The molecule has 1 amide bonds. The minimum absolute atomic E-state index is 0.220. The van der Waals surface area contributed by atoms with Gasteiger partial charge in [0.1, 0.15) is 5.60 Å². The molecule has 4 heteroatoms. The topological polar surface area (TPSA) is 41.6 Å². The van der Waals surface area contributed by atoms with Crippen LogP contribution in [0.3, 0.4) is 0 Å². The first-order chi connectivity index (χ1) is 8.96. The van der Waals surface area contributed by atoms with Crippen molar-refractivity contribution in [2.24, 2.45) is 0 Å². The zero-order valence-electron chi connectivity index (χ0n) is 12.2. The third-order valence-corrected chi connectivity index (χ3v) is 4.29. The quantitative estimate of drug-likeness (QED) is 0.683. The second kappa shape index (κ2) is 4.51. The summed E-state index contributed by atoms with van der Waals surface area (Å²) in [5, 5.41) is 1.77. The van der Waals surface area contributed by atoms with Gasteiger partial charge in [-0.05, 0) is 64.9 Å². The summed E-state index contributed by atoms with van der Waals surface area (Å²) in [6.07, 6.45) is 6.80. The van der Waals surface area contributed by atoms with Gasteiger partial charge in [-0.2, -0.15) is 0 Å². The Morgan fingerprint density at radius 3 is 2.63 bits per heavy atom. The molecule has 2 fully saturated rings. The molecule has 2 atom stereocenters. The lowest BCUT2D eigenvalue weighted by atomic mass is 9.97. The number of fused-ring (bicyclic) bond motifs is 2. The predicted molar refractivity (Wildman–Crippen MR) is 73.5 cm³/mol. The fraction of sp³-hybridized carbons (Fsp3) is 0.800. The maximum absolute atomic E-state index is 12.4. The number of hydrazine groups is 1. The van der Waals surface area contributed by atoms with Crippen LogP contribution >= 0.6 is 0 Å². The van der Waals surface area contributed by atoms with E-state index in [0.29, 0.717) is 6.04 Å². The third-order valence-electron chi connectivity index (χ3n) is 4.29. The number of amides is 1. The number of hydrogen-bond acceptors (Lipinski definition) is 3. The molecule has 0 aromatic rings. The first kappa shape index (κ1) is 13.0. The molecule has 106 valence electrons. The van der Waals surface area contributed by atoms with Gasteiger partial charge in [-0.1, -0.05) is 5.57 Å². The fourth-order valence-electron chi connectivity index (χ4n) is 3.61. The van der Waals surface area contributed by atoms with E-state index in [9.17, 15) is 4.79 Å². The molecule has 19 heavy (non-hydrogen) atoms. The van der Waals surface area contributed by atoms with Crippen LogP contribution in [0.1, 0.15) is 59.3 Å². The minimum Gasteiger partial charge on any atom is -0.443 e. The molecule has 3 rings (SSSR count). The minimum atomic E-state index is -0.433. The number of carbonyl (C=O) groups excluding carboxylic acids is 1. The molecule has 2 saturated carbocycles. The van der Waals surface area contributed by atoms with E-state index in [1.165, 1.54) is 24.8 Å². The Balaban J connectivity index is 1.82. The van der Waals surface area contributed by atoms with Crippen molar-refractivity contribution in [1.29, 1.82) is 0 Å². The molecule has 3 aliphatic rings. The van der Waals surface area contributed by atoms with Crippen LogP contribution < -0.4 is 5.43 Å². The summed E-state index contributed by atoms with van der Waals surface area (Å²) in [4.78, 5) is 12.4. The first-order valence-corrected chi connectivity index (χ1v) is 7.46. The molecule has 1 heterocycles. The third kappa shape index (κ3) is 2.38. The SMILES string of the molecule is CC(C)(C)OC(=O)N1NC2CCCC2=C2CCCC21. The smallest absolute Gasteiger partial charge is 0.425 e. The number of ether oxygens (including phenoxy) is 1. The summed E-state index contributed by atoms with van der Waals surface area (Å²) < 4.78 is 5.54. The lowest BCUT2D eigenvalue weighted by Crippen LogP contribution is -2.57. The monoisotopic (exact) mass is 264 g/mol. The zero-order valence-corrected chi connectivity index (χ0v) is 12.2. The Kier molecular flexibility index (Phi) is 3.08. The molecule has 0 radical (unpaired) electrons. The zero-order chi connectivity index (χ0) is 13.6. The van der Waals surface area contributed by atoms with E-state index < -0.39 is 5.60 Å². The second-order valence-corrected chi connectivity index (χ2v) is 6.88. The van der Waals surface area contributed by atoms with E-state index in [1.807, 2.05) is 20.8 Å². The maximum Gasteiger partial charge on any atom is 0.425 e. The maximum atomic E-state index is 12.4. The molecular weight excluding hydrogens is 240 g/mol. The molecule has 0 spiro atoms. The van der Waals surface area contributed by atoms with Crippen LogP contribution in [0.15, 0.2) is 11.1 Å². The summed E-state index contributed by atoms with van der Waals surface area (Å²) in [5.41, 5.74) is 6.08. The highest BCUT2D eigenvalue weighted by Gasteiger charge is 2.42. The molecule has 1 N–H and O–H groups in total. The van der Waals surface area contributed by atoms with Crippen molar-refractivity contribution in [1.82, 2.24) is 10.4 Å². The van der Waals surface area contributed by atoms with Crippen LogP contribution in [0.2, 0.25) is 0 Å². The molecule has 2 aliphatic carbocycles. The van der Waals surface area contributed by atoms with Crippen molar-refractivity contribution in [3.8, 4) is 0 Å². The number of rotatable bonds is 0. The van der Waals surface area contributed by atoms with Crippen LogP contribution in [0.4, 0.5) is 4.79 Å². The number of carbonyl (C=O) groups is 1. The van der Waals surface area contributed by atoms with Gasteiger partial charge in [-0.25, -0.2) is 15.2 Å². The molecule has 0 aromatic heterocycles. The average Bonchev–Trinajstić information content (AvgIpc) is 2.93. The highest BCUT2D eigenvalue weighted by atomic mass is 16.6. The predicted octanol–water partition coefficient (Wildman–Crippen LogP) is 3.14. The summed E-state index contributed by atoms with van der Waals surface area (Å²) in [5.74, 6) is 0. The lowest BCUT2D eigenvalue weighted by molar-refractivity contribution is 0.000705. The van der Waals surface area contributed by atoms with Crippen molar-refractivity contribution in [3.63, 3.8) is 0 Å². The lowest BCUT2D eigenvalue weighted by Gasteiger charge is -2.39. The van der Waals surface area contributed by atoms with Crippen LogP contribution in [0.25, 0.3) is 0 Å². The number of nitrogens with one attached hydrogen (secondary N) is 1. The summed E-state index contributed by atoms with van der Waals surface area (Å²) >= 11 is 0. The Morgan fingerprint density at radius 2 is 1.89 bits per heavy atom. The van der Waals surface area contributed by atoms with Crippen molar-refractivity contribution < 1.29 is 9.53 Å². The van der Waals surface area contributed by atoms with E-state index in [-0.39, 0.29) is 12.1 Å². The van der Waals surface area contributed by atoms with Crippen molar-refractivity contribution in [3.05, 3.63) is 11.1 Å². The Hall–Kier alpha value is -1.03. The largest absolute Gasteiger partial charge is 0.443 e. The van der Waals surface area contributed by atoms with Gasteiger partial charge in [0, 0.05) is 6.04 Å². The van der Waals surface area contributed by atoms with Gasteiger partial charge >= 0.3 is 6.09 Å². The van der Waals surface area contributed by atoms with Gasteiger partial charge in [-0.3, -0.25) is 0 Å². The highest BCUT2D eigenvalue weighted by Crippen LogP contribution is 2.41. The van der Waals surface area contributed by atoms with Gasteiger partial charge in [0.15, 0.2) is 0 Å². The van der Waals surface area contributed by atoms with Crippen LogP contribution in [0.5, 0.6) is 0 Å². The van der Waals surface area contributed by atoms with Crippen molar-refractivity contribution in [2.75, 3.05) is 0 Å². The molecule has 1 aliphatic heterocycles. The van der Waals surface area contributed by atoms with Crippen LogP contribution in [-0.2, 0) is 4.74 Å². The second-order valence-electron chi connectivity index (χ2n) is 6.88. The molecule has 2 unspecified atom stereocenters. The average molecular weight is 264 g/mol. The molecule has 4 nitrogen and oxygen atoms in total. The van der Waals surface area contributed by atoms with Gasteiger partial charge in [0.05, 0.1) is 6.04 Å². The van der Waals surface area contributed by atoms with E-state index in [2.05, 4.69) is 5.43 Å². The normalized spacial score (nSPS) is 30.4. The summed E-state index contributed by atoms with van der Waals surface area (Å²) in [7, 11) is 0. The molecular formula is C15H24N2O2. The number of nitrogens with zero attached hydrogens (tertiary/aromatic N) is 1. The van der Waals surface area contributed by atoms with Crippen molar-refractivity contribution >= 4 is 6.09 Å². The molecule has 0 saturated heterocycles. The fourth-order valence-corrected chi connectivity index (χ4v) is 3.61. The first-order valence-electron chi connectivity index (χ1n) is 7.46. The van der Waals surface area contributed by atoms with Gasteiger partial charge in [0.25, 0.3) is 0 Å². The van der Waals surface area contributed by atoms with Gasteiger partial charge in [0.2, 0.25) is 0 Å².